The number of aryl methyl sites for hydroxylation is 1. The fourth-order valence-corrected chi connectivity index (χ4v) is 2.11. The van der Waals surface area contributed by atoms with Crippen LogP contribution in [0.15, 0.2) is 18.5 Å². The second kappa shape index (κ2) is 7.17. The van der Waals surface area contributed by atoms with Crippen molar-refractivity contribution in [3.05, 3.63) is 24.3 Å². The molecule has 0 spiro atoms. The quantitative estimate of drug-likeness (QED) is 0.849. The highest BCUT2D eigenvalue weighted by Gasteiger charge is 2.15. The molecule has 21 heavy (non-hydrogen) atoms. The van der Waals surface area contributed by atoms with Crippen molar-refractivity contribution in [1.82, 2.24) is 19.7 Å². The average Bonchev–Trinajstić information content (AvgIpc) is 2.93. The summed E-state index contributed by atoms with van der Waals surface area (Å²) in [4.78, 5) is 9.21. The van der Waals surface area contributed by atoms with Gasteiger partial charge < -0.3 is 10.1 Å². The third-order valence-corrected chi connectivity index (χ3v) is 3.24. The van der Waals surface area contributed by atoms with E-state index < -0.39 is 0 Å². The van der Waals surface area contributed by atoms with Gasteiger partial charge in [0.25, 0.3) is 0 Å². The first-order valence-electron chi connectivity index (χ1n) is 7.32. The molecule has 0 aliphatic rings. The van der Waals surface area contributed by atoms with Crippen LogP contribution in [0.5, 0.6) is 0 Å². The van der Waals surface area contributed by atoms with Crippen LogP contribution in [0.4, 0.5) is 5.82 Å². The van der Waals surface area contributed by atoms with Crippen LogP contribution in [0.1, 0.15) is 38.6 Å². The first-order chi connectivity index (χ1) is 10.2. The normalized spacial score (nSPS) is 12.4. The van der Waals surface area contributed by atoms with Gasteiger partial charge in [0, 0.05) is 38.5 Å². The van der Waals surface area contributed by atoms with Crippen molar-refractivity contribution in [2.45, 2.75) is 32.8 Å². The summed E-state index contributed by atoms with van der Waals surface area (Å²) in [5.41, 5.74) is 1.84. The standard InChI is InChI=1S/C15H23N5O/c1-5-7-16-14-8-12(11-9-17-20(3)10-11)18-15(19-14)13(6-2)21-4/h8-10,13H,5-7H2,1-4H3,(H,16,18,19). The molecule has 0 aliphatic heterocycles. The molecule has 0 saturated carbocycles. The van der Waals surface area contributed by atoms with Gasteiger partial charge in [0.05, 0.1) is 11.9 Å². The summed E-state index contributed by atoms with van der Waals surface area (Å²) in [5.74, 6) is 1.54. The van der Waals surface area contributed by atoms with Gasteiger partial charge >= 0.3 is 0 Å². The van der Waals surface area contributed by atoms with E-state index in [1.54, 1.807) is 11.8 Å². The minimum Gasteiger partial charge on any atom is -0.373 e. The van der Waals surface area contributed by atoms with Gasteiger partial charge in [0.15, 0.2) is 5.82 Å². The fraction of sp³-hybridized carbons (Fsp3) is 0.533. The fourth-order valence-electron chi connectivity index (χ4n) is 2.11. The van der Waals surface area contributed by atoms with E-state index in [1.807, 2.05) is 25.5 Å². The summed E-state index contributed by atoms with van der Waals surface area (Å²) in [5, 5.41) is 7.53. The minimum absolute atomic E-state index is 0.0937. The largest absolute Gasteiger partial charge is 0.373 e. The first-order valence-corrected chi connectivity index (χ1v) is 7.32. The summed E-state index contributed by atoms with van der Waals surface area (Å²) in [6.07, 6.45) is 5.54. The molecule has 1 N–H and O–H groups in total. The third kappa shape index (κ3) is 3.78. The molecular formula is C15H23N5O. The van der Waals surface area contributed by atoms with Gasteiger partial charge in [-0.2, -0.15) is 5.10 Å². The van der Waals surface area contributed by atoms with Gasteiger partial charge in [0.2, 0.25) is 0 Å². The molecule has 0 saturated heterocycles. The van der Waals surface area contributed by atoms with Gasteiger partial charge in [-0.15, -0.1) is 0 Å². The summed E-state index contributed by atoms with van der Waals surface area (Å²) >= 11 is 0. The number of nitrogens with zero attached hydrogens (tertiary/aromatic N) is 4. The van der Waals surface area contributed by atoms with Crippen LogP contribution in [-0.2, 0) is 11.8 Å². The molecule has 0 bridgehead atoms. The summed E-state index contributed by atoms with van der Waals surface area (Å²) < 4.78 is 7.24. The second-order valence-corrected chi connectivity index (χ2v) is 4.96. The Morgan fingerprint density at radius 3 is 2.71 bits per heavy atom. The molecule has 2 aromatic heterocycles. The summed E-state index contributed by atoms with van der Waals surface area (Å²) in [7, 11) is 3.58. The molecule has 0 aromatic carbocycles. The number of hydrogen-bond acceptors (Lipinski definition) is 5. The zero-order valence-electron chi connectivity index (χ0n) is 13.1. The number of nitrogens with one attached hydrogen (secondary N) is 1. The number of aromatic nitrogens is 4. The molecule has 114 valence electrons. The Kier molecular flexibility index (Phi) is 5.27. The third-order valence-electron chi connectivity index (χ3n) is 3.24. The molecule has 2 rings (SSSR count). The Hall–Kier alpha value is -1.95. The molecule has 2 aromatic rings. The van der Waals surface area contributed by atoms with Crippen molar-refractivity contribution < 1.29 is 4.74 Å². The van der Waals surface area contributed by atoms with E-state index in [-0.39, 0.29) is 6.10 Å². The molecule has 0 fully saturated rings. The van der Waals surface area contributed by atoms with Crippen LogP contribution in [0.25, 0.3) is 11.3 Å². The van der Waals surface area contributed by atoms with Crippen molar-refractivity contribution in [3.63, 3.8) is 0 Å². The molecule has 6 nitrogen and oxygen atoms in total. The maximum absolute atomic E-state index is 5.47. The van der Waals surface area contributed by atoms with Crippen molar-refractivity contribution in [1.29, 1.82) is 0 Å². The van der Waals surface area contributed by atoms with E-state index >= 15 is 0 Å². The molecule has 2 heterocycles. The van der Waals surface area contributed by atoms with Crippen LogP contribution in [-0.4, -0.2) is 33.4 Å². The van der Waals surface area contributed by atoms with Gasteiger partial charge in [-0.05, 0) is 12.8 Å². The van der Waals surface area contributed by atoms with Crippen LogP contribution in [0.2, 0.25) is 0 Å². The van der Waals surface area contributed by atoms with Gasteiger partial charge in [-0.25, -0.2) is 9.97 Å². The van der Waals surface area contributed by atoms with E-state index in [9.17, 15) is 0 Å². The lowest BCUT2D eigenvalue weighted by atomic mass is 10.2. The molecule has 6 heteroatoms. The van der Waals surface area contributed by atoms with E-state index in [2.05, 4.69) is 34.2 Å². The van der Waals surface area contributed by atoms with Gasteiger partial charge in [-0.3, -0.25) is 4.68 Å². The van der Waals surface area contributed by atoms with Crippen molar-refractivity contribution in [2.75, 3.05) is 19.0 Å². The Bertz CT molecular complexity index is 577. The Labute approximate surface area is 125 Å². The SMILES string of the molecule is CCCNc1cc(-c2cnn(C)c2)nc(C(CC)OC)n1. The highest BCUT2D eigenvalue weighted by molar-refractivity contribution is 5.61. The molecule has 1 unspecified atom stereocenters. The zero-order chi connectivity index (χ0) is 15.2. The van der Waals surface area contributed by atoms with E-state index in [0.29, 0.717) is 5.82 Å². The number of rotatable bonds is 7. The van der Waals surface area contributed by atoms with E-state index in [1.165, 1.54) is 0 Å². The Morgan fingerprint density at radius 2 is 2.14 bits per heavy atom. The van der Waals surface area contributed by atoms with Crippen LogP contribution < -0.4 is 5.32 Å². The number of ether oxygens (including phenoxy) is 1. The minimum atomic E-state index is -0.0937. The summed E-state index contributed by atoms with van der Waals surface area (Å²) in [6.45, 7) is 5.07. The lowest BCUT2D eigenvalue weighted by Crippen LogP contribution is -2.10. The lowest BCUT2D eigenvalue weighted by Gasteiger charge is -2.14. The molecule has 1 atom stereocenters. The molecule has 0 radical (unpaired) electrons. The predicted molar refractivity (Wildman–Crippen MR) is 83.1 cm³/mol. The lowest BCUT2D eigenvalue weighted by molar-refractivity contribution is 0.0928. The van der Waals surface area contributed by atoms with Crippen LogP contribution in [0, 0.1) is 0 Å². The second-order valence-electron chi connectivity index (χ2n) is 4.96. The highest BCUT2D eigenvalue weighted by atomic mass is 16.5. The van der Waals surface area contributed by atoms with Crippen LogP contribution in [0.3, 0.4) is 0 Å². The van der Waals surface area contributed by atoms with Crippen LogP contribution >= 0.6 is 0 Å². The molecular weight excluding hydrogens is 266 g/mol. The predicted octanol–water partition coefficient (Wildman–Crippen LogP) is 2.80. The topological polar surface area (TPSA) is 64.9 Å². The average molecular weight is 289 g/mol. The van der Waals surface area contributed by atoms with Crippen molar-refractivity contribution in [3.8, 4) is 11.3 Å². The van der Waals surface area contributed by atoms with Gasteiger partial charge in [-0.1, -0.05) is 13.8 Å². The monoisotopic (exact) mass is 289 g/mol. The Balaban J connectivity index is 2.41. The number of hydrogen-bond donors (Lipinski definition) is 1. The number of anilines is 1. The summed E-state index contributed by atoms with van der Waals surface area (Å²) in [6, 6.07) is 1.96. The van der Waals surface area contributed by atoms with Crippen molar-refractivity contribution >= 4 is 5.82 Å². The molecule has 0 aliphatic carbocycles. The Morgan fingerprint density at radius 1 is 1.33 bits per heavy atom. The zero-order valence-corrected chi connectivity index (χ0v) is 13.1. The number of methoxy groups -OCH3 is 1. The molecule has 0 amide bonds. The first kappa shape index (κ1) is 15.4. The van der Waals surface area contributed by atoms with Crippen molar-refractivity contribution in [2.24, 2.45) is 7.05 Å². The van der Waals surface area contributed by atoms with E-state index in [4.69, 9.17) is 4.74 Å². The maximum atomic E-state index is 5.47. The smallest absolute Gasteiger partial charge is 0.160 e. The van der Waals surface area contributed by atoms with E-state index in [0.717, 1.165) is 36.5 Å². The van der Waals surface area contributed by atoms with Gasteiger partial charge in [0.1, 0.15) is 11.9 Å². The maximum Gasteiger partial charge on any atom is 0.160 e. The highest BCUT2D eigenvalue weighted by Crippen LogP contribution is 2.24.